The van der Waals surface area contributed by atoms with Crippen molar-refractivity contribution in [3.05, 3.63) is 19.2 Å². The van der Waals surface area contributed by atoms with Crippen molar-refractivity contribution in [2.45, 2.75) is 6.42 Å². The molecule has 1 aliphatic heterocycles. The van der Waals surface area contributed by atoms with Gasteiger partial charge in [-0.25, -0.2) is 0 Å². The first-order valence-corrected chi connectivity index (χ1v) is 8.71. The molecule has 3 nitrogen and oxygen atoms in total. The Morgan fingerprint density at radius 1 is 1.58 bits per heavy atom. The van der Waals surface area contributed by atoms with E-state index in [1.807, 2.05) is 13.1 Å². The minimum atomic E-state index is 0.183. The minimum Gasteiger partial charge on any atom is -0.306 e. The normalized spacial score (nSPS) is 20.4. The highest BCUT2D eigenvalue weighted by Crippen LogP contribution is 2.32. The first-order chi connectivity index (χ1) is 8.95. The largest absolute Gasteiger partial charge is 0.306 e. The van der Waals surface area contributed by atoms with Gasteiger partial charge in [0.25, 0.3) is 0 Å². The van der Waals surface area contributed by atoms with Crippen LogP contribution in [0.5, 0.6) is 0 Å². The maximum atomic E-state index is 12.2. The topological polar surface area (TPSA) is 23.6 Å². The fraction of sp³-hybridized carbons (Fsp3) is 0.615. The number of carbonyl (C=O) groups is 1. The molecule has 0 N–H and O–H groups in total. The lowest BCUT2D eigenvalue weighted by Gasteiger charge is -2.20. The lowest BCUT2D eigenvalue weighted by molar-refractivity contribution is 0.0938. The number of ketones is 1. The molecule has 106 valence electrons. The van der Waals surface area contributed by atoms with Gasteiger partial charge in [0.15, 0.2) is 5.78 Å². The Morgan fingerprint density at radius 2 is 2.32 bits per heavy atom. The van der Waals surface area contributed by atoms with E-state index in [1.165, 1.54) is 13.0 Å². The molecular formula is C13H18Br2N2OS. The Labute approximate surface area is 135 Å². The van der Waals surface area contributed by atoms with E-state index >= 15 is 0 Å². The molecule has 0 bridgehead atoms. The van der Waals surface area contributed by atoms with Crippen LogP contribution in [0.3, 0.4) is 0 Å². The second kappa shape index (κ2) is 6.80. The van der Waals surface area contributed by atoms with Gasteiger partial charge in [-0.15, -0.1) is 11.3 Å². The third-order valence-corrected chi connectivity index (χ3v) is 5.77. The number of carbonyl (C=O) groups excluding carboxylic acids is 1. The standard InChI is InChI=1S/C13H18Br2N2OS/c1-16-4-3-9(6-16)7-17(2)8-11(18)10-5-12(14)19-13(10)15/h5,9H,3-4,6-8H2,1-2H3. The summed E-state index contributed by atoms with van der Waals surface area (Å²) in [5.74, 6) is 0.878. The van der Waals surface area contributed by atoms with E-state index in [-0.39, 0.29) is 5.78 Å². The molecule has 19 heavy (non-hydrogen) atoms. The monoisotopic (exact) mass is 408 g/mol. The Kier molecular flexibility index (Phi) is 5.60. The summed E-state index contributed by atoms with van der Waals surface area (Å²) in [5, 5.41) is 0. The Bertz CT molecular complexity index is 463. The molecule has 1 fully saturated rings. The van der Waals surface area contributed by atoms with Gasteiger partial charge in [0.2, 0.25) is 0 Å². The third kappa shape index (κ3) is 4.36. The number of likely N-dealkylation sites (tertiary alicyclic amines) is 1. The predicted octanol–water partition coefficient (Wildman–Crippen LogP) is 3.34. The molecule has 0 spiro atoms. The SMILES string of the molecule is CN1CCC(CN(C)CC(=O)c2cc(Br)sc2Br)C1. The van der Waals surface area contributed by atoms with Crippen LogP contribution in [0.4, 0.5) is 0 Å². The highest BCUT2D eigenvalue weighted by atomic mass is 79.9. The van der Waals surface area contributed by atoms with E-state index < -0.39 is 0 Å². The third-order valence-electron chi connectivity index (χ3n) is 3.43. The molecule has 1 aliphatic rings. The van der Waals surface area contributed by atoms with Gasteiger partial charge in [-0.05, 0) is 70.9 Å². The van der Waals surface area contributed by atoms with Crippen molar-refractivity contribution < 1.29 is 4.79 Å². The van der Waals surface area contributed by atoms with E-state index in [4.69, 9.17) is 0 Å². The zero-order valence-corrected chi connectivity index (χ0v) is 15.1. The summed E-state index contributed by atoms with van der Waals surface area (Å²) < 4.78 is 1.90. The van der Waals surface area contributed by atoms with Crippen LogP contribution in [0.1, 0.15) is 16.8 Å². The summed E-state index contributed by atoms with van der Waals surface area (Å²) in [6.07, 6.45) is 1.24. The molecule has 0 aliphatic carbocycles. The molecular weight excluding hydrogens is 392 g/mol. The van der Waals surface area contributed by atoms with Gasteiger partial charge in [0.1, 0.15) is 0 Å². The molecule has 1 unspecified atom stereocenters. The maximum absolute atomic E-state index is 12.2. The van der Waals surface area contributed by atoms with E-state index in [0.29, 0.717) is 12.5 Å². The number of hydrogen-bond donors (Lipinski definition) is 0. The van der Waals surface area contributed by atoms with Gasteiger partial charge in [-0.3, -0.25) is 9.69 Å². The molecule has 0 radical (unpaired) electrons. The Morgan fingerprint density at radius 3 is 2.84 bits per heavy atom. The smallest absolute Gasteiger partial charge is 0.178 e. The Balaban J connectivity index is 1.86. The van der Waals surface area contributed by atoms with Gasteiger partial charge in [-0.2, -0.15) is 0 Å². The van der Waals surface area contributed by atoms with Crippen LogP contribution in [-0.2, 0) is 0 Å². The van der Waals surface area contributed by atoms with Crippen LogP contribution in [-0.4, -0.2) is 55.9 Å². The number of rotatable bonds is 5. The van der Waals surface area contributed by atoms with E-state index in [0.717, 1.165) is 26.2 Å². The first-order valence-electron chi connectivity index (χ1n) is 6.31. The lowest BCUT2D eigenvalue weighted by Crippen LogP contribution is -2.31. The van der Waals surface area contributed by atoms with Gasteiger partial charge in [-0.1, -0.05) is 0 Å². The predicted molar refractivity (Wildman–Crippen MR) is 87.2 cm³/mol. The fourth-order valence-electron chi connectivity index (χ4n) is 2.54. The first kappa shape index (κ1) is 15.6. The summed E-state index contributed by atoms with van der Waals surface area (Å²) in [5.41, 5.74) is 0.785. The molecule has 1 atom stereocenters. The van der Waals surface area contributed by atoms with Gasteiger partial charge in [0.05, 0.1) is 14.1 Å². The van der Waals surface area contributed by atoms with Crippen molar-refractivity contribution in [1.29, 1.82) is 0 Å². The zero-order chi connectivity index (χ0) is 14.0. The summed E-state index contributed by atoms with van der Waals surface area (Å²) in [4.78, 5) is 16.7. The molecule has 1 saturated heterocycles. The lowest BCUT2D eigenvalue weighted by atomic mass is 10.1. The average molecular weight is 410 g/mol. The maximum Gasteiger partial charge on any atom is 0.178 e. The second-order valence-electron chi connectivity index (χ2n) is 5.27. The van der Waals surface area contributed by atoms with E-state index in [1.54, 1.807) is 11.3 Å². The molecule has 2 rings (SSSR count). The number of halogens is 2. The molecule has 0 aromatic carbocycles. The van der Waals surface area contributed by atoms with Crippen LogP contribution < -0.4 is 0 Å². The molecule has 2 heterocycles. The highest BCUT2D eigenvalue weighted by molar-refractivity contribution is 9.12. The van der Waals surface area contributed by atoms with Crippen molar-refractivity contribution in [1.82, 2.24) is 9.80 Å². The molecule has 1 aromatic heterocycles. The van der Waals surface area contributed by atoms with Crippen LogP contribution in [0.2, 0.25) is 0 Å². The number of Topliss-reactive ketones (excluding diaryl/α,β-unsaturated/α-hetero) is 1. The van der Waals surface area contributed by atoms with Crippen molar-refractivity contribution >= 4 is 49.0 Å². The van der Waals surface area contributed by atoms with Crippen molar-refractivity contribution in [3.63, 3.8) is 0 Å². The molecule has 6 heteroatoms. The summed E-state index contributed by atoms with van der Waals surface area (Å²) in [7, 11) is 4.19. The van der Waals surface area contributed by atoms with Gasteiger partial charge >= 0.3 is 0 Å². The van der Waals surface area contributed by atoms with Crippen LogP contribution in [0.15, 0.2) is 13.6 Å². The quantitative estimate of drug-likeness (QED) is 0.696. The van der Waals surface area contributed by atoms with Crippen LogP contribution in [0, 0.1) is 5.92 Å². The van der Waals surface area contributed by atoms with E-state index in [9.17, 15) is 4.79 Å². The van der Waals surface area contributed by atoms with Crippen molar-refractivity contribution in [2.75, 3.05) is 40.3 Å². The minimum absolute atomic E-state index is 0.183. The summed E-state index contributed by atoms with van der Waals surface area (Å²) in [6, 6.07) is 1.90. The second-order valence-corrected chi connectivity index (χ2v) is 9.02. The Hall–Kier alpha value is 0.250. The molecule has 0 saturated carbocycles. The fourth-order valence-corrected chi connectivity index (χ4v) is 5.40. The van der Waals surface area contributed by atoms with Crippen LogP contribution in [0.25, 0.3) is 0 Å². The summed E-state index contributed by atoms with van der Waals surface area (Å²) in [6.45, 7) is 3.81. The number of thiophene rings is 1. The average Bonchev–Trinajstić information content (AvgIpc) is 2.84. The van der Waals surface area contributed by atoms with Gasteiger partial charge < -0.3 is 4.90 Å². The van der Waals surface area contributed by atoms with Crippen LogP contribution >= 0.6 is 43.2 Å². The summed E-state index contributed by atoms with van der Waals surface area (Å²) >= 11 is 8.40. The number of nitrogens with zero attached hydrogens (tertiary/aromatic N) is 2. The molecule has 1 aromatic rings. The van der Waals surface area contributed by atoms with Crippen molar-refractivity contribution in [3.8, 4) is 0 Å². The van der Waals surface area contributed by atoms with E-state index in [2.05, 4.69) is 48.7 Å². The molecule has 0 amide bonds. The van der Waals surface area contributed by atoms with Gasteiger partial charge in [0, 0.05) is 18.7 Å². The number of hydrogen-bond acceptors (Lipinski definition) is 4. The zero-order valence-electron chi connectivity index (χ0n) is 11.2. The number of likely N-dealkylation sites (N-methyl/N-ethyl adjacent to an activating group) is 1. The van der Waals surface area contributed by atoms with Crippen molar-refractivity contribution in [2.24, 2.45) is 5.92 Å². The highest BCUT2D eigenvalue weighted by Gasteiger charge is 2.22.